The van der Waals surface area contributed by atoms with E-state index >= 15 is 0 Å². The molecule has 0 unspecified atom stereocenters. The third-order valence-electron chi connectivity index (χ3n) is 6.90. The standard InChI is InChI=1S/C27H26N2O7/c1-33-22-6-4-5-17-23(34-2)14-19(28-24(17)22)25(31)29-11-9-27(10-12-29)15-20(30)18-13-16(26(32)35-3)7-8-21(18)36-27/h4-8,13-14H,9-12,15H2,1-3H3. The van der Waals surface area contributed by atoms with Gasteiger partial charge in [-0.2, -0.15) is 0 Å². The van der Waals surface area contributed by atoms with E-state index in [4.69, 9.17) is 18.9 Å². The van der Waals surface area contributed by atoms with Crippen molar-refractivity contribution < 1.29 is 33.3 Å². The number of likely N-dealkylation sites (tertiary alicyclic amines) is 1. The summed E-state index contributed by atoms with van der Waals surface area (Å²) in [6, 6.07) is 11.9. The van der Waals surface area contributed by atoms with Gasteiger partial charge in [-0.05, 0) is 30.3 Å². The fourth-order valence-corrected chi connectivity index (χ4v) is 4.93. The predicted molar refractivity (Wildman–Crippen MR) is 130 cm³/mol. The summed E-state index contributed by atoms with van der Waals surface area (Å²) in [4.78, 5) is 44.5. The SMILES string of the molecule is COC(=O)c1ccc2c(c1)C(=O)CC1(CCN(C(=O)c3cc(OC)c4cccc(OC)c4n3)CC1)O2. The first-order chi connectivity index (χ1) is 17.4. The average Bonchev–Trinajstić information content (AvgIpc) is 2.91. The minimum Gasteiger partial charge on any atom is -0.496 e. The van der Waals surface area contributed by atoms with Gasteiger partial charge in [0.25, 0.3) is 5.91 Å². The number of ether oxygens (including phenoxy) is 4. The largest absolute Gasteiger partial charge is 0.496 e. The Bertz CT molecular complexity index is 1380. The molecule has 186 valence electrons. The summed E-state index contributed by atoms with van der Waals surface area (Å²) < 4.78 is 22.0. The zero-order valence-electron chi connectivity index (χ0n) is 20.3. The van der Waals surface area contributed by atoms with Crippen LogP contribution in [0.3, 0.4) is 0 Å². The van der Waals surface area contributed by atoms with E-state index in [-0.39, 0.29) is 23.8 Å². The van der Waals surface area contributed by atoms with E-state index in [9.17, 15) is 14.4 Å². The van der Waals surface area contributed by atoms with Crippen molar-refractivity contribution in [2.24, 2.45) is 0 Å². The minimum atomic E-state index is -0.689. The van der Waals surface area contributed by atoms with Gasteiger partial charge in [0.2, 0.25) is 0 Å². The number of hydrogen-bond donors (Lipinski definition) is 0. The van der Waals surface area contributed by atoms with Crippen molar-refractivity contribution in [3.8, 4) is 17.2 Å². The number of fused-ring (bicyclic) bond motifs is 2. The monoisotopic (exact) mass is 490 g/mol. The highest BCUT2D eigenvalue weighted by Crippen LogP contribution is 2.40. The van der Waals surface area contributed by atoms with Crippen molar-refractivity contribution in [2.45, 2.75) is 24.9 Å². The highest BCUT2D eigenvalue weighted by atomic mass is 16.5. The van der Waals surface area contributed by atoms with Gasteiger partial charge in [-0.15, -0.1) is 0 Å². The number of pyridine rings is 1. The van der Waals surface area contributed by atoms with Gasteiger partial charge in [0.05, 0.1) is 38.9 Å². The average molecular weight is 491 g/mol. The van der Waals surface area contributed by atoms with Crippen LogP contribution in [0.2, 0.25) is 0 Å². The van der Waals surface area contributed by atoms with Crippen molar-refractivity contribution >= 4 is 28.6 Å². The number of ketones is 1. The minimum absolute atomic E-state index is 0.0881. The molecule has 5 rings (SSSR count). The molecular formula is C27H26N2O7. The molecule has 1 saturated heterocycles. The van der Waals surface area contributed by atoms with Crippen LogP contribution in [0.1, 0.15) is 50.5 Å². The number of benzene rings is 2. The first-order valence-corrected chi connectivity index (χ1v) is 11.6. The lowest BCUT2D eigenvalue weighted by molar-refractivity contribution is -0.00585. The number of hydrogen-bond acceptors (Lipinski definition) is 8. The number of esters is 1. The van der Waals surface area contributed by atoms with Gasteiger partial charge in [-0.3, -0.25) is 9.59 Å². The van der Waals surface area contributed by atoms with Gasteiger partial charge >= 0.3 is 5.97 Å². The molecule has 9 nitrogen and oxygen atoms in total. The van der Waals surface area contributed by atoms with Crippen LogP contribution in [0, 0.1) is 0 Å². The van der Waals surface area contributed by atoms with E-state index in [1.54, 1.807) is 43.4 Å². The number of Topliss-reactive ketones (excluding diaryl/α,β-unsaturated/α-hetero) is 1. The normalized spacial score (nSPS) is 16.3. The number of carbonyl (C=O) groups excluding carboxylic acids is 3. The van der Waals surface area contributed by atoms with Crippen molar-refractivity contribution in [1.29, 1.82) is 0 Å². The Balaban J connectivity index is 1.35. The van der Waals surface area contributed by atoms with E-state index in [2.05, 4.69) is 4.98 Å². The van der Waals surface area contributed by atoms with E-state index in [1.807, 2.05) is 12.1 Å². The summed E-state index contributed by atoms with van der Waals surface area (Å²) in [5, 5.41) is 0.758. The number of amides is 1. The number of rotatable bonds is 4. The molecule has 0 saturated carbocycles. The van der Waals surface area contributed by atoms with Gasteiger partial charge in [-0.25, -0.2) is 9.78 Å². The van der Waals surface area contributed by atoms with Crippen molar-refractivity contribution in [1.82, 2.24) is 9.88 Å². The lowest BCUT2D eigenvalue weighted by atomic mass is 9.82. The third kappa shape index (κ3) is 4.00. The first kappa shape index (κ1) is 23.6. The molecular weight excluding hydrogens is 464 g/mol. The molecule has 1 aromatic heterocycles. The van der Waals surface area contributed by atoms with Crippen LogP contribution in [0.5, 0.6) is 17.2 Å². The summed E-state index contributed by atoms with van der Waals surface area (Å²) in [6.07, 6.45) is 1.18. The van der Waals surface area contributed by atoms with Crippen LogP contribution in [0.4, 0.5) is 0 Å². The van der Waals surface area contributed by atoms with Gasteiger partial charge in [0.15, 0.2) is 5.78 Å². The molecule has 2 aliphatic rings. The Kier molecular flexibility index (Phi) is 5.99. The molecule has 1 spiro atoms. The predicted octanol–water partition coefficient (Wildman–Crippen LogP) is 3.68. The number of methoxy groups -OCH3 is 3. The van der Waals surface area contributed by atoms with Gasteiger partial charge < -0.3 is 23.8 Å². The maximum Gasteiger partial charge on any atom is 0.337 e. The molecule has 3 heterocycles. The topological polar surface area (TPSA) is 104 Å². The molecule has 0 aliphatic carbocycles. The van der Waals surface area contributed by atoms with Crippen LogP contribution < -0.4 is 14.2 Å². The Morgan fingerprint density at radius 2 is 1.75 bits per heavy atom. The summed E-state index contributed by atoms with van der Waals surface area (Å²) in [7, 11) is 4.40. The zero-order chi connectivity index (χ0) is 25.4. The molecule has 1 amide bonds. The molecule has 9 heteroatoms. The smallest absolute Gasteiger partial charge is 0.337 e. The molecule has 0 radical (unpaired) electrons. The second kappa shape index (κ2) is 9.14. The second-order valence-corrected chi connectivity index (χ2v) is 8.95. The van der Waals surface area contributed by atoms with Crippen LogP contribution in [-0.2, 0) is 4.74 Å². The van der Waals surface area contributed by atoms with E-state index in [0.29, 0.717) is 59.8 Å². The number of piperidine rings is 1. The molecule has 3 aromatic rings. The zero-order valence-corrected chi connectivity index (χ0v) is 20.3. The molecule has 0 N–H and O–H groups in total. The van der Waals surface area contributed by atoms with Crippen molar-refractivity contribution in [2.75, 3.05) is 34.4 Å². The molecule has 2 aliphatic heterocycles. The third-order valence-corrected chi connectivity index (χ3v) is 6.90. The Hall–Kier alpha value is -4.14. The quantitative estimate of drug-likeness (QED) is 0.510. The van der Waals surface area contributed by atoms with Gasteiger partial charge in [0, 0.05) is 37.4 Å². The molecule has 36 heavy (non-hydrogen) atoms. The molecule has 2 aromatic carbocycles. The summed E-state index contributed by atoms with van der Waals surface area (Å²) >= 11 is 0. The van der Waals surface area contributed by atoms with Crippen molar-refractivity contribution in [3.63, 3.8) is 0 Å². The lowest BCUT2D eigenvalue weighted by Gasteiger charge is -2.43. The first-order valence-electron chi connectivity index (χ1n) is 11.6. The summed E-state index contributed by atoms with van der Waals surface area (Å²) in [6.45, 7) is 0.825. The van der Waals surface area contributed by atoms with Gasteiger partial charge in [0.1, 0.15) is 34.1 Å². The Morgan fingerprint density at radius 1 is 1.00 bits per heavy atom. The number of para-hydroxylation sites is 1. The highest BCUT2D eigenvalue weighted by molar-refractivity contribution is 6.03. The maximum absolute atomic E-state index is 13.4. The number of carbonyl (C=O) groups is 3. The molecule has 1 fully saturated rings. The van der Waals surface area contributed by atoms with Gasteiger partial charge in [-0.1, -0.05) is 6.07 Å². The fraction of sp³-hybridized carbons (Fsp3) is 0.333. The van der Waals surface area contributed by atoms with Crippen LogP contribution in [0.25, 0.3) is 10.9 Å². The highest BCUT2D eigenvalue weighted by Gasteiger charge is 2.44. The summed E-state index contributed by atoms with van der Waals surface area (Å²) in [5.41, 5.74) is 0.815. The Morgan fingerprint density at radius 3 is 2.44 bits per heavy atom. The van der Waals surface area contributed by atoms with Crippen LogP contribution in [0.15, 0.2) is 42.5 Å². The summed E-state index contributed by atoms with van der Waals surface area (Å²) in [5.74, 6) is 0.734. The van der Waals surface area contributed by atoms with E-state index < -0.39 is 11.6 Å². The lowest BCUT2D eigenvalue weighted by Crippen LogP contribution is -2.52. The molecule has 0 bridgehead atoms. The van der Waals surface area contributed by atoms with E-state index in [1.165, 1.54) is 13.2 Å². The maximum atomic E-state index is 13.4. The van der Waals surface area contributed by atoms with Crippen LogP contribution in [-0.4, -0.2) is 67.6 Å². The number of aromatic nitrogens is 1. The Labute approximate surface area is 207 Å². The van der Waals surface area contributed by atoms with Crippen molar-refractivity contribution in [3.05, 3.63) is 59.3 Å². The number of nitrogens with zero attached hydrogens (tertiary/aromatic N) is 2. The second-order valence-electron chi connectivity index (χ2n) is 8.95. The van der Waals surface area contributed by atoms with E-state index in [0.717, 1.165) is 5.39 Å². The van der Waals surface area contributed by atoms with Crippen LogP contribution >= 0.6 is 0 Å². The fourth-order valence-electron chi connectivity index (χ4n) is 4.93. The molecule has 0 atom stereocenters.